The van der Waals surface area contributed by atoms with Gasteiger partial charge in [0.2, 0.25) is 0 Å². The zero-order valence-corrected chi connectivity index (χ0v) is 10.9. The van der Waals surface area contributed by atoms with Crippen LogP contribution in [0.25, 0.3) is 5.69 Å². The Morgan fingerprint density at radius 3 is 2.47 bits per heavy atom. The smallest absolute Gasteiger partial charge is 0.271 e. The maximum absolute atomic E-state index is 11.2. The van der Waals surface area contributed by atoms with Gasteiger partial charge in [-0.1, -0.05) is 5.21 Å². The van der Waals surface area contributed by atoms with E-state index in [0.717, 1.165) is 0 Å². The fourth-order valence-corrected chi connectivity index (χ4v) is 1.76. The molecule has 0 aliphatic heterocycles. The number of hydrogen-bond donors (Lipinski definition) is 1. The highest BCUT2D eigenvalue weighted by Crippen LogP contribution is 2.29. The summed E-state index contributed by atoms with van der Waals surface area (Å²) in [4.78, 5) is 11.2. The number of carbonyl (C=O) groups excluding carboxylic acids is 1. The number of amides is 1. The van der Waals surface area contributed by atoms with Crippen LogP contribution in [0.5, 0.6) is 11.5 Å². The third kappa shape index (κ3) is 2.22. The molecule has 1 amide bonds. The van der Waals surface area contributed by atoms with Gasteiger partial charge in [-0.05, 0) is 19.1 Å². The number of methoxy groups -OCH3 is 2. The second kappa shape index (κ2) is 4.97. The Bertz CT molecular complexity index is 621. The lowest BCUT2D eigenvalue weighted by molar-refractivity contribution is 0.0995. The molecule has 0 aliphatic carbocycles. The van der Waals surface area contributed by atoms with Crippen LogP contribution >= 0.6 is 0 Å². The SMILES string of the molecule is COc1ccc(-n2nnc(C(N)=O)c2C)cc1OC. The molecule has 2 rings (SSSR count). The van der Waals surface area contributed by atoms with E-state index in [1.165, 1.54) is 4.68 Å². The number of carbonyl (C=O) groups is 1. The first kappa shape index (κ1) is 12.9. The number of nitrogens with zero attached hydrogens (tertiary/aromatic N) is 3. The summed E-state index contributed by atoms with van der Waals surface area (Å²) >= 11 is 0. The standard InChI is InChI=1S/C12H14N4O3/c1-7-11(12(13)17)14-15-16(7)8-4-5-9(18-2)10(6-8)19-3/h4-6H,1-3H3,(H2,13,17). The van der Waals surface area contributed by atoms with Gasteiger partial charge < -0.3 is 15.2 Å². The topological polar surface area (TPSA) is 92.3 Å². The molecule has 2 N–H and O–H groups in total. The average molecular weight is 262 g/mol. The summed E-state index contributed by atoms with van der Waals surface area (Å²) in [5, 5.41) is 7.66. The second-order valence-corrected chi connectivity index (χ2v) is 3.84. The highest BCUT2D eigenvalue weighted by atomic mass is 16.5. The van der Waals surface area contributed by atoms with Crippen LogP contribution in [0.15, 0.2) is 18.2 Å². The van der Waals surface area contributed by atoms with Crippen molar-refractivity contribution in [1.29, 1.82) is 0 Å². The van der Waals surface area contributed by atoms with Crippen LogP contribution in [0, 0.1) is 6.92 Å². The van der Waals surface area contributed by atoms with Gasteiger partial charge in [0.05, 0.1) is 25.6 Å². The number of rotatable bonds is 4. The van der Waals surface area contributed by atoms with Crippen molar-refractivity contribution in [3.63, 3.8) is 0 Å². The molecule has 19 heavy (non-hydrogen) atoms. The molecule has 100 valence electrons. The third-order valence-electron chi connectivity index (χ3n) is 2.74. The average Bonchev–Trinajstić information content (AvgIpc) is 2.80. The van der Waals surface area contributed by atoms with Gasteiger partial charge >= 0.3 is 0 Å². The van der Waals surface area contributed by atoms with Crippen LogP contribution in [-0.4, -0.2) is 35.1 Å². The van der Waals surface area contributed by atoms with Crippen molar-refractivity contribution in [3.8, 4) is 17.2 Å². The first-order chi connectivity index (χ1) is 9.08. The van der Waals surface area contributed by atoms with Gasteiger partial charge in [0.25, 0.3) is 5.91 Å². The largest absolute Gasteiger partial charge is 0.493 e. The predicted molar refractivity (Wildman–Crippen MR) is 67.7 cm³/mol. The molecule has 1 heterocycles. The second-order valence-electron chi connectivity index (χ2n) is 3.84. The van der Waals surface area contributed by atoms with E-state index in [0.29, 0.717) is 22.9 Å². The molecule has 7 heteroatoms. The summed E-state index contributed by atoms with van der Waals surface area (Å²) in [7, 11) is 3.11. The van der Waals surface area contributed by atoms with Gasteiger partial charge in [-0.15, -0.1) is 5.10 Å². The third-order valence-corrected chi connectivity index (χ3v) is 2.74. The molecule has 1 aromatic heterocycles. The lowest BCUT2D eigenvalue weighted by Gasteiger charge is -2.10. The zero-order valence-electron chi connectivity index (χ0n) is 10.9. The molecule has 7 nitrogen and oxygen atoms in total. The van der Waals surface area contributed by atoms with E-state index in [-0.39, 0.29) is 5.69 Å². The van der Waals surface area contributed by atoms with Gasteiger partial charge in [0, 0.05) is 6.07 Å². The van der Waals surface area contributed by atoms with Crippen LogP contribution in [0.4, 0.5) is 0 Å². The van der Waals surface area contributed by atoms with Crippen molar-refractivity contribution < 1.29 is 14.3 Å². The van der Waals surface area contributed by atoms with E-state index in [1.807, 2.05) is 0 Å². The summed E-state index contributed by atoms with van der Waals surface area (Å²) in [5.74, 6) is 0.568. The van der Waals surface area contributed by atoms with E-state index in [1.54, 1.807) is 39.3 Å². The molecule has 0 bridgehead atoms. The summed E-state index contributed by atoms with van der Waals surface area (Å²) in [5.41, 5.74) is 6.63. The zero-order chi connectivity index (χ0) is 14.0. The maximum atomic E-state index is 11.2. The van der Waals surface area contributed by atoms with Crippen LogP contribution in [0.2, 0.25) is 0 Å². The van der Waals surface area contributed by atoms with Crippen LogP contribution in [-0.2, 0) is 0 Å². The number of ether oxygens (including phenoxy) is 2. The predicted octanol–water partition coefficient (Wildman–Crippen LogP) is 0.692. The molecular weight excluding hydrogens is 248 g/mol. The van der Waals surface area contributed by atoms with Gasteiger partial charge in [-0.2, -0.15) is 0 Å². The first-order valence-corrected chi connectivity index (χ1v) is 5.53. The molecule has 0 atom stereocenters. The highest BCUT2D eigenvalue weighted by molar-refractivity contribution is 5.91. The van der Waals surface area contributed by atoms with E-state index < -0.39 is 5.91 Å². The summed E-state index contributed by atoms with van der Waals surface area (Å²) in [6.07, 6.45) is 0. The van der Waals surface area contributed by atoms with E-state index in [9.17, 15) is 4.79 Å². The molecule has 1 aromatic carbocycles. The Labute approximate surface area is 109 Å². The Hall–Kier alpha value is -2.57. The lowest BCUT2D eigenvalue weighted by Crippen LogP contribution is -2.13. The number of primary amides is 1. The highest BCUT2D eigenvalue weighted by Gasteiger charge is 2.15. The Morgan fingerprint density at radius 2 is 1.95 bits per heavy atom. The van der Waals surface area contributed by atoms with E-state index in [2.05, 4.69) is 10.3 Å². The minimum atomic E-state index is -0.607. The maximum Gasteiger partial charge on any atom is 0.271 e. The molecule has 0 spiro atoms. The van der Waals surface area contributed by atoms with Crippen molar-refractivity contribution >= 4 is 5.91 Å². The van der Waals surface area contributed by atoms with Gasteiger partial charge in [-0.25, -0.2) is 4.68 Å². The number of hydrogen-bond acceptors (Lipinski definition) is 5. The van der Waals surface area contributed by atoms with Gasteiger partial charge in [0.1, 0.15) is 0 Å². The molecule has 0 saturated carbocycles. The quantitative estimate of drug-likeness (QED) is 0.875. The van der Waals surface area contributed by atoms with E-state index >= 15 is 0 Å². The molecule has 0 fully saturated rings. The normalized spacial score (nSPS) is 10.3. The summed E-state index contributed by atoms with van der Waals surface area (Å²) in [6, 6.07) is 5.28. The molecule has 2 aromatic rings. The van der Waals surface area contributed by atoms with Crippen molar-refractivity contribution in [3.05, 3.63) is 29.6 Å². The Morgan fingerprint density at radius 1 is 1.26 bits per heavy atom. The first-order valence-electron chi connectivity index (χ1n) is 5.53. The fourth-order valence-electron chi connectivity index (χ4n) is 1.76. The molecule has 0 saturated heterocycles. The molecule has 0 unspecified atom stereocenters. The fraction of sp³-hybridized carbons (Fsp3) is 0.250. The monoisotopic (exact) mass is 262 g/mol. The van der Waals surface area contributed by atoms with Gasteiger partial charge in [0.15, 0.2) is 17.2 Å². The van der Waals surface area contributed by atoms with Crippen LogP contribution in [0.3, 0.4) is 0 Å². The lowest BCUT2D eigenvalue weighted by atomic mass is 10.2. The summed E-state index contributed by atoms with van der Waals surface area (Å²) in [6.45, 7) is 1.72. The molecular formula is C12H14N4O3. The van der Waals surface area contributed by atoms with Crippen molar-refractivity contribution in [2.75, 3.05) is 14.2 Å². The Balaban J connectivity index is 2.50. The number of benzene rings is 1. The van der Waals surface area contributed by atoms with Crippen molar-refractivity contribution in [1.82, 2.24) is 15.0 Å². The molecule has 0 aliphatic rings. The van der Waals surface area contributed by atoms with Gasteiger partial charge in [-0.3, -0.25) is 4.79 Å². The Kier molecular flexibility index (Phi) is 3.37. The molecule has 0 radical (unpaired) electrons. The minimum absolute atomic E-state index is 0.148. The van der Waals surface area contributed by atoms with Crippen molar-refractivity contribution in [2.45, 2.75) is 6.92 Å². The van der Waals surface area contributed by atoms with Crippen LogP contribution < -0.4 is 15.2 Å². The van der Waals surface area contributed by atoms with Crippen LogP contribution in [0.1, 0.15) is 16.2 Å². The van der Waals surface area contributed by atoms with E-state index in [4.69, 9.17) is 15.2 Å². The minimum Gasteiger partial charge on any atom is -0.493 e. The van der Waals surface area contributed by atoms with Crippen molar-refractivity contribution in [2.24, 2.45) is 5.73 Å². The number of aromatic nitrogens is 3. The number of nitrogens with two attached hydrogens (primary N) is 1. The summed E-state index contributed by atoms with van der Waals surface area (Å²) < 4.78 is 11.9.